The second-order valence-corrected chi connectivity index (χ2v) is 7.41. The highest BCUT2D eigenvalue weighted by atomic mass is 19.4. The maximum atomic E-state index is 12.8. The van der Waals surface area contributed by atoms with E-state index in [2.05, 4.69) is 0 Å². The monoisotopic (exact) mass is 478 g/mol. The summed E-state index contributed by atoms with van der Waals surface area (Å²) >= 11 is 0. The fraction of sp³-hybridized carbons (Fsp3) is 0.391. The minimum absolute atomic E-state index is 0.153. The highest BCUT2D eigenvalue weighted by Gasteiger charge is 2.69. The molecule has 0 aliphatic heterocycles. The maximum absolute atomic E-state index is 12.8. The van der Waals surface area contributed by atoms with Crippen molar-refractivity contribution in [3.05, 3.63) is 71.3 Å². The van der Waals surface area contributed by atoms with Gasteiger partial charge in [-0.25, -0.2) is 0 Å². The minimum atomic E-state index is -5.84. The molecule has 33 heavy (non-hydrogen) atoms. The van der Waals surface area contributed by atoms with Crippen molar-refractivity contribution in [2.24, 2.45) is 0 Å². The van der Waals surface area contributed by atoms with Gasteiger partial charge in [0.15, 0.2) is 6.29 Å². The summed E-state index contributed by atoms with van der Waals surface area (Å²) in [6, 6.07) is 12.9. The predicted molar refractivity (Wildman–Crippen MR) is 109 cm³/mol. The number of rotatable bonds is 9. The lowest BCUT2D eigenvalue weighted by atomic mass is 9.94. The molecule has 0 spiro atoms. The van der Waals surface area contributed by atoms with Gasteiger partial charge in [-0.2, -0.15) is 26.3 Å². The molecule has 2 rings (SSSR count). The van der Waals surface area contributed by atoms with Crippen LogP contribution in [0.4, 0.5) is 26.3 Å². The maximum Gasteiger partial charge on any atom is 0.426 e. The first-order chi connectivity index (χ1) is 15.3. The normalized spacial score (nSPS) is 13.5. The SMILES string of the molecule is CCC(=CCCC(O)(C(F)(F)F)C(F)(F)F)c1cccc(OCc2ccc(C(O)O)cc2)c1. The zero-order valence-corrected chi connectivity index (χ0v) is 17.6. The minimum Gasteiger partial charge on any atom is -0.489 e. The first kappa shape index (κ1) is 26.7. The largest absolute Gasteiger partial charge is 0.489 e. The van der Waals surface area contributed by atoms with Crippen LogP contribution in [0.1, 0.15) is 49.2 Å². The first-order valence-electron chi connectivity index (χ1n) is 10.0. The molecule has 0 aromatic heterocycles. The zero-order valence-electron chi connectivity index (χ0n) is 17.6. The van der Waals surface area contributed by atoms with Crippen LogP contribution in [-0.4, -0.2) is 33.3 Å². The molecule has 0 saturated heterocycles. The lowest BCUT2D eigenvalue weighted by Gasteiger charge is -2.32. The molecule has 0 bridgehead atoms. The Morgan fingerprint density at radius 2 is 1.58 bits per heavy atom. The number of benzene rings is 2. The number of alkyl halides is 6. The third-order valence-corrected chi connectivity index (χ3v) is 5.10. The van der Waals surface area contributed by atoms with Crippen LogP contribution in [-0.2, 0) is 6.61 Å². The van der Waals surface area contributed by atoms with Gasteiger partial charge in [-0.1, -0.05) is 49.4 Å². The third kappa shape index (κ3) is 6.72. The van der Waals surface area contributed by atoms with E-state index in [1.54, 1.807) is 43.3 Å². The van der Waals surface area contributed by atoms with Crippen LogP contribution in [0.25, 0.3) is 5.57 Å². The smallest absolute Gasteiger partial charge is 0.426 e. The molecule has 0 heterocycles. The summed E-state index contributed by atoms with van der Waals surface area (Å²) in [5.74, 6) is 0.431. The average molecular weight is 478 g/mol. The lowest BCUT2D eigenvalue weighted by molar-refractivity contribution is -0.369. The van der Waals surface area contributed by atoms with Crippen LogP contribution in [0.5, 0.6) is 5.75 Å². The molecule has 0 fully saturated rings. The van der Waals surface area contributed by atoms with Crippen LogP contribution in [0.15, 0.2) is 54.6 Å². The Bertz CT molecular complexity index is 919. The van der Waals surface area contributed by atoms with E-state index >= 15 is 0 Å². The predicted octanol–water partition coefficient (Wildman–Crippen LogP) is 5.68. The van der Waals surface area contributed by atoms with Crippen LogP contribution in [0.2, 0.25) is 0 Å². The summed E-state index contributed by atoms with van der Waals surface area (Å²) in [7, 11) is 0. The van der Waals surface area contributed by atoms with Crippen LogP contribution in [0, 0.1) is 0 Å². The Balaban J connectivity index is 2.10. The molecule has 0 atom stereocenters. The number of halogens is 6. The summed E-state index contributed by atoms with van der Waals surface area (Å²) in [5, 5.41) is 27.5. The van der Waals surface area contributed by atoms with Crippen molar-refractivity contribution < 1.29 is 46.4 Å². The second kappa shape index (κ2) is 10.6. The molecular weight excluding hydrogens is 454 g/mol. The van der Waals surface area contributed by atoms with Crippen molar-refractivity contribution in [1.82, 2.24) is 0 Å². The highest BCUT2D eigenvalue weighted by molar-refractivity contribution is 5.66. The van der Waals surface area contributed by atoms with Gasteiger partial charge in [0.1, 0.15) is 12.4 Å². The molecule has 4 nitrogen and oxygen atoms in total. The van der Waals surface area contributed by atoms with E-state index in [1.165, 1.54) is 18.2 Å². The summed E-state index contributed by atoms with van der Waals surface area (Å²) < 4.78 is 82.7. The standard InChI is InChI=1S/C23H24F6O4/c1-2-16(6-4-12-21(32,22(24,25)26)23(27,28)29)18-5-3-7-19(13-18)33-14-15-8-10-17(11-9-15)20(30)31/h3,5-11,13,20,30-32H,2,4,12,14H2,1H3. The van der Waals surface area contributed by atoms with E-state index in [1.807, 2.05) is 0 Å². The van der Waals surface area contributed by atoms with Gasteiger partial charge in [-0.15, -0.1) is 0 Å². The molecule has 0 radical (unpaired) electrons. The van der Waals surface area contributed by atoms with E-state index in [9.17, 15) is 31.4 Å². The molecule has 2 aromatic carbocycles. The molecule has 182 valence electrons. The topological polar surface area (TPSA) is 69.9 Å². The van der Waals surface area contributed by atoms with Crippen LogP contribution >= 0.6 is 0 Å². The molecule has 0 unspecified atom stereocenters. The van der Waals surface area contributed by atoms with Crippen molar-refractivity contribution in [2.75, 3.05) is 0 Å². The van der Waals surface area contributed by atoms with Crippen LogP contribution < -0.4 is 4.74 Å². The van der Waals surface area contributed by atoms with Crippen molar-refractivity contribution in [3.8, 4) is 5.75 Å². The molecule has 0 aliphatic carbocycles. The van der Waals surface area contributed by atoms with Crippen molar-refractivity contribution >= 4 is 5.57 Å². The van der Waals surface area contributed by atoms with Gasteiger partial charge in [0.2, 0.25) is 0 Å². The number of allylic oxidation sites excluding steroid dienone is 2. The van der Waals surface area contributed by atoms with Gasteiger partial charge < -0.3 is 20.1 Å². The number of hydrogen-bond acceptors (Lipinski definition) is 4. The molecule has 10 heteroatoms. The molecule has 3 N–H and O–H groups in total. The Morgan fingerprint density at radius 1 is 0.970 bits per heavy atom. The molecular formula is C23H24F6O4. The van der Waals surface area contributed by atoms with E-state index in [-0.39, 0.29) is 6.61 Å². The average Bonchev–Trinajstić information content (AvgIpc) is 2.74. The quantitative estimate of drug-likeness (QED) is 0.321. The number of aliphatic hydroxyl groups excluding tert-OH is 1. The lowest BCUT2D eigenvalue weighted by Crippen LogP contribution is -2.56. The van der Waals surface area contributed by atoms with Crippen molar-refractivity contribution in [1.29, 1.82) is 0 Å². The molecule has 0 saturated carbocycles. The van der Waals surface area contributed by atoms with Crippen molar-refractivity contribution in [2.45, 2.75) is 57.0 Å². The molecule has 0 amide bonds. The molecule has 2 aromatic rings. The van der Waals surface area contributed by atoms with E-state index < -0.39 is 37.1 Å². The fourth-order valence-corrected chi connectivity index (χ4v) is 3.10. The molecule has 0 aliphatic rings. The number of aliphatic hydroxyl groups is 3. The fourth-order valence-electron chi connectivity index (χ4n) is 3.10. The zero-order chi connectivity index (χ0) is 24.9. The summed E-state index contributed by atoms with van der Waals surface area (Å²) in [5.41, 5.74) is -2.64. The Labute approximate surface area is 186 Å². The summed E-state index contributed by atoms with van der Waals surface area (Å²) in [6.07, 6.45) is -13.9. The third-order valence-electron chi connectivity index (χ3n) is 5.10. The number of hydrogen-bond donors (Lipinski definition) is 3. The Hall–Kier alpha value is -2.56. The summed E-state index contributed by atoms with van der Waals surface area (Å²) in [4.78, 5) is 0. The second-order valence-electron chi connectivity index (χ2n) is 7.41. The summed E-state index contributed by atoms with van der Waals surface area (Å²) in [6.45, 7) is 1.86. The van der Waals surface area contributed by atoms with Gasteiger partial charge in [0.05, 0.1) is 0 Å². The van der Waals surface area contributed by atoms with Gasteiger partial charge in [-0.05, 0) is 48.1 Å². The van der Waals surface area contributed by atoms with Crippen LogP contribution in [0.3, 0.4) is 0 Å². The Morgan fingerprint density at radius 3 is 2.09 bits per heavy atom. The van der Waals surface area contributed by atoms with Gasteiger partial charge in [0.25, 0.3) is 5.60 Å². The highest BCUT2D eigenvalue weighted by Crippen LogP contribution is 2.46. The van der Waals surface area contributed by atoms with Gasteiger partial charge in [0, 0.05) is 5.56 Å². The number of ether oxygens (including phenoxy) is 1. The van der Waals surface area contributed by atoms with Crippen molar-refractivity contribution in [3.63, 3.8) is 0 Å². The van der Waals surface area contributed by atoms with Gasteiger partial charge >= 0.3 is 12.4 Å². The van der Waals surface area contributed by atoms with E-state index in [4.69, 9.17) is 14.9 Å². The first-order valence-corrected chi connectivity index (χ1v) is 10.0. The van der Waals surface area contributed by atoms with E-state index in [0.717, 1.165) is 5.56 Å². The van der Waals surface area contributed by atoms with Gasteiger partial charge in [-0.3, -0.25) is 0 Å². The Kier molecular flexibility index (Phi) is 8.56. The van der Waals surface area contributed by atoms with E-state index in [0.29, 0.717) is 28.9 Å².